The molecular formula is C11H17N3O4S. The number of rotatable bonds is 5. The van der Waals surface area contributed by atoms with Gasteiger partial charge in [0.15, 0.2) is 0 Å². The molecule has 0 aliphatic heterocycles. The number of benzene rings is 1. The van der Waals surface area contributed by atoms with Crippen LogP contribution in [0.2, 0.25) is 0 Å². The molecule has 0 unspecified atom stereocenters. The highest BCUT2D eigenvalue weighted by Crippen LogP contribution is 2.23. The molecule has 0 saturated carbocycles. The Kier molecular flexibility index (Phi) is 4.99. The number of hydrogen-bond donors (Lipinski definition) is 3. The molecule has 2 amide bonds. The highest BCUT2D eigenvalue weighted by atomic mass is 32.2. The molecule has 19 heavy (non-hydrogen) atoms. The maximum Gasteiger partial charge on any atom is 0.328 e. The Balaban J connectivity index is 2.91. The van der Waals surface area contributed by atoms with Crippen molar-refractivity contribution >= 4 is 21.7 Å². The molecule has 0 aliphatic rings. The molecule has 8 heteroatoms. The van der Waals surface area contributed by atoms with E-state index in [4.69, 9.17) is 10.5 Å². The molecule has 0 aromatic heterocycles. The van der Waals surface area contributed by atoms with Crippen molar-refractivity contribution in [2.75, 3.05) is 19.4 Å². The van der Waals surface area contributed by atoms with Crippen LogP contribution in [0, 0.1) is 0 Å². The van der Waals surface area contributed by atoms with E-state index in [0.717, 1.165) is 0 Å². The van der Waals surface area contributed by atoms with E-state index in [1.165, 1.54) is 25.3 Å². The summed E-state index contributed by atoms with van der Waals surface area (Å²) in [6, 6.07) is 3.33. The number of nitrogen functional groups attached to an aromatic ring is 1. The van der Waals surface area contributed by atoms with Gasteiger partial charge in [-0.25, -0.2) is 17.9 Å². The average molecular weight is 287 g/mol. The number of urea groups is 1. The molecular weight excluding hydrogens is 270 g/mol. The first-order chi connectivity index (χ1) is 8.90. The lowest BCUT2D eigenvalue weighted by Crippen LogP contribution is -2.39. The van der Waals surface area contributed by atoms with Gasteiger partial charge in [0.25, 0.3) is 10.0 Å². The highest BCUT2D eigenvalue weighted by molar-refractivity contribution is 7.90. The van der Waals surface area contributed by atoms with E-state index in [2.05, 4.69) is 5.32 Å². The smallest absolute Gasteiger partial charge is 0.328 e. The zero-order valence-corrected chi connectivity index (χ0v) is 11.6. The van der Waals surface area contributed by atoms with Crippen molar-refractivity contribution in [2.24, 2.45) is 0 Å². The first-order valence-corrected chi connectivity index (χ1v) is 7.13. The number of carbonyl (C=O) groups excluding carboxylic acids is 1. The molecule has 0 atom stereocenters. The molecule has 0 bridgehead atoms. The lowest BCUT2D eigenvalue weighted by atomic mass is 10.3. The first-order valence-electron chi connectivity index (χ1n) is 5.65. The van der Waals surface area contributed by atoms with Gasteiger partial charge in [-0.15, -0.1) is 0 Å². The van der Waals surface area contributed by atoms with Crippen LogP contribution in [-0.4, -0.2) is 28.1 Å². The number of nitrogens with one attached hydrogen (secondary N) is 2. The van der Waals surface area contributed by atoms with Gasteiger partial charge in [-0.05, 0) is 18.6 Å². The fraction of sp³-hybridized carbons (Fsp3) is 0.364. The molecule has 7 nitrogen and oxygen atoms in total. The SMILES string of the molecule is CCCNC(=O)NS(=O)(=O)c1ccc(OC)cc1N. The summed E-state index contributed by atoms with van der Waals surface area (Å²) in [6.07, 6.45) is 0.706. The normalized spacial score (nSPS) is 10.8. The third-order valence-corrected chi connectivity index (χ3v) is 3.67. The Hall–Kier alpha value is -1.96. The summed E-state index contributed by atoms with van der Waals surface area (Å²) in [5.41, 5.74) is 5.64. The summed E-state index contributed by atoms with van der Waals surface area (Å²) in [6.45, 7) is 2.25. The van der Waals surface area contributed by atoms with Crippen molar-refractivity contribution in [2.45, 2.75) is 18.2 Å². The second kappa shape index (κ2) is 6.28. The van der Waals surface area contributed by atoms with Gasteiger partial charge >= 0.3 is 6.03 Å². The first kappa shape index (κ1) is 15.1. The largest absolute Gasteiger partial charge is 0.497 e. The van der Waals surface area contributed by atoms with E-state index in [0.29, 0.717) is 18.7 Å². The predicted molar refractivity (Wildman–Crippen MR) is 71.4 cm³/mol. The number of hydrogen-bond acceptors (Lipinski definition) is 5. The minimum atomic E-state index is -3.99. The standard InChI is InChI=1S/C11H17N3O4S/c1-3-6-13-11(15)14-19(16,17)10-5-4-8(18-2)7-9(10)12/h4-5,7H,3,6,12H2,1-2H3,(H2,13,14,15). The van der Waals surface area contributed by atoms with E-state index in [1.54, 1.807) is 0 Å². The van der Waals surface area contributed by atoms with Crippen LogP contribution in [0.1, 0.15) is 13.3 Å². The number of ether oxygens (including phenoxy) is 1. The summed E-state index contributed by atoms with van der Waals surface area (Å²) < 4.78 is 30.7. The third-order valence-electron chi connectivity index (χ3n) is 2.27. The van der Waals surface area contributed by atoms with E-state index in [9.17, 15) is 13.2 Å². The molecule has 106 valence electrons. The summed E-state index contributed by atoms with van der Waals surface area (Å²) >= 11 is 0. The number of sulfonamides is 1. The Morgan fingerprint density at radius 2 is 2.11 bits per heavy atom. The van der Waals surface area contributed by atoms with Crippen LogP contribution in [0.25, 0.3) is 0 Å². The number of anilines is 1. The number of nitrogens with two attached hydrogens (primary N) is 1. The maximum absolute atomic E-state index is 11.9. The van der Waals surface area contributed by atoms with Crippen LogP contribution >= 0.6 is 0 Å². The molecule has 1 aromatic carbocycles. The number of carbonyl (C=O) groups is 1. The van der Waals surface area contributed by atoms with Crippen molar-refractivity contribution in [1.29, 1.82) is 0 Å². The van der Waals surface area contributed by atoms with Gasteiger partial charge in [-0.1, -0.05) is 6.92 Å². The lowest BCUT2D eigenvalue weighted by Gasteiger charge is -2.10. The Morgan fingerprint density at radius 3 is 2.63 bits per heavy atom. The van der Waals surface area contributed by atoms with Crippen molar-refractivity contribution in [1.82, 2.24) is 10.0 Å². The molecule has 1 aromatic rings. The van der Waals surface area contributed by atoms with Gasteiger partial charge in [0.2, 0.25) is 0 Å². The van der Waals surface area contributed by atoms with Crippen LogP contribution < -0.4 is 20.5 Å². The minimum absolute atomic E-state index is 0.00939. The Morgan fingerprint density at radius 1 is 1.42 bits per heavy atom. The fourth-order valence-corrected chi connectivity index (χ4v) is 2.39. The number of amides is 2. The van der Waals surface area contributed by atoms with E-state index in [-0.39, 0.29) is 10.6 Å². The minimum Gasteiger partial charge on any atom is -0.497 e. The molecule has 4 N–H and O–H groups in total. The molecule has 0 aliphatic carbocycles. The number of methoxy groups -OCH3 is 1. The van der Waals surface area contributed by atoms with Gasteiger partial charge in [-0.3, -0.25) is 0 Å². The second-order valence-corrected chi connectivity index (χ2v) is 5.42. The molecule has 0 spiro atoms. The van der Waals surface area contributed by atoms with Gasteiger partial charge in [0.1, 0.15) is 10.6 Å². The summed E-state index contributed by atoms with van der Waals surface area (Å²) in [4.78, 5) is 11.2. The monoisotopic (exact) mass is 287 g/mol. The van der Waals surface area contributed by atoms with Crippen LogP contribution in [0.3, 0.4) is 0 Å². The van der Waals surface area contributed by atoms with Gasteiger partial charge < -0.3 is 15.8 Å². The molecule has 0 radical (unpaired) electrons. The van der Waals surface area contributed by atoms with E-state index in [1.807, 2.05) is 11.6 Å². The van der Waals surface area contributed by atoms with Crippen LogP contribution in [-0.2, 0) is 10.0 Å². The van der Waals surface area contributed by atoms with Crippen molar-refractivity contribution in [3.63, 3.8) is 0 Å². The zero-order chi connectivity index (χ0) is 14.5. The average Bonchev–Trinajstić information content (AvgIpc) is 2.35. The predicted octanol–water partition coefficient (Wildman–Crippen LogP) is 0.675. The maximum atomic E-state index is 11.9. The topological polar surface area (TPSA) is 111 Å². The van der Waals surface area contributed by atoms with Crippen LogP contribution in [0.4, 0.5) is 10.5 Å². The van der Waals surface area contributed by atoms with Crippen LogP contribution in [0.5, 0.6) is 5.75 Å². The van der Waals surface area contributed by atoms with E-state index < -0.39 is 16.1 Å². The molecule has 0 saturated heterocycles. The molecule has 0 fully saturated rings. The quantitative estimate of drug-likeness (QED) is 0.689. The van der Waals surface area contributed by atoms with Gasteiger partial charge in [-0.2, -0.15) is 0 Å². The molecule has 1 rings (SSSR count). The summed E-state index contributed by atoms with van der Waals surface area (Å²) in [7, 11) is -2.54. The Labute approximate surface area is 112 Å². The van der Waals surface area contributed by atoms with Crippen LogP contribution in [0.15, 0.2) is 23.1 Å². The zero-order valence-electron chi connectivity index (χ0n) is 10.8. The summed E-state index contributed by atoms with van der Waals surface area (Å²) in [5, 5.41) is 2.41. The highest BCUT2D eigenvalue weighted by Gasteiger charge is 2.20. The van der Waals surface area contributed by atoms with Crippen molar-refractivity contribution in [3.8, 4) is 5.75 Å². The summed E-state index contributed by atoms with van der Waals surface area (Å²) in [5.74, 6) is 0.437. The lowest BCUT2D eigenvalue weighted by molar-refractivity contribution is 0.246. The van der Waals surface area contributed by atoms with Crippen molar-refractivity contribution < 1.29 is 17.9 Å². The van der Waals surface area contributed by atoms with E-state index >= 15 is 0 Å². The van der Waals surface area contributed by atoms with Gasteiger partial charge in [0.05, 0.1) is 12.8 Å². The molecule has 0 heterocycles. The second-order valence-electron chi connectivity index (χ2n) is 3.77. The Bertz CT molecular complexity index is 557. The fourth-order valence-electron chi connectivity index (χ4n) is 1.35. The van der Waals surface area contributed by atoms with Gasteiger partial charge in [0, 0.05) is 12.6 Å². The third kappa shape index (κ3) is 4.02. The van der Waals surface area contributed by atoms with Crippen molar-refractivity contribution in [3.05, 3.63) is 18.2 Å².